The Labute approximate surface area is 180 Å². The quantitative estimate of drug-likeness (QED) is 0.740. The molecule has 3 heterocycles. The number of hydrogen-bond donors (Lipinski definition) is 2. The van der Waals surface area contributed by atoms with E-state index in [1.807, 2.05) is 0 Å². The van der Waals surface area contributed by atoms with Crippen LogP contribution >= 0.6 is 24.8 Å². The lowest BCUT2D eigenvalue weighted by Crippen LogP contribution is -2.16. The van der Waals surface area contributed by atoms with Gasteiger partial charge in [-0.25, -0.2) is 9.97 Å². The van der Waals surface area contributed by atoms with Crippen LogP contribution in [0.5, 0.6) is 0 Å². The van der Waals surface area contributed by atoms with Crippen molar-refractivity contribution in [3.63, 3.8) is 0 Å². The Morgan fingerprint density at radius 2 is 1.86 bits per heavy atom. The van der Waals surface area contributed by atoms with E-state index in [1.165, 1.54) is 35.4 Å². The highest BCUT2D eigenvalue weighted by atomic mass is 35.5. The van der Waals surface area contributed by atoms with Crippen molar-refractivity contribution in [3.8, 4) is 0 Å². The molecule has 4 rings (SSSR count). The normalized spacial score (nSPS) is 15.8. The molecule has 0 bridgehead atoms. The van der Waals surface area contributed by atoms with Crippen molar-refractivity contribution in [2.45, 2.75) is 65.3 Å². The molecular formula is C20H32Cl2N6. The molecule has 0 spiro atoms. The van der Waals surface area contributed by atoms with Crippen LogP contribution in [0.1, 0.15) is 59.7 Å². The molecule has 28 heavy (non-hydrogen) atoms. The SMILES string of the molecule is CCn1nc(C)c(CCNc2nc(C3CC3)nc3c2CCNCC3)c1C.Cl.Cl. The van der Waals surface area contributed by atoms with E-state index in [2.05, 4.69) is 41.2 Å². The highest BCUT2D eigenvalue weighted by Crippen LogP contribution is 2.39. The molecule has 8 heteroatoms. The van der Waals surface area contributed by atoms with Gasteiger partial charge in [0.1, 0.15) is 11.6 Å². The van der Waals surface area contributed by atoms with Crippen LogP contribution < -0.4 is 10.6 Å². The van der Waals surface area contributed by atoms with Gasteiger partial charge < -0.3 is 10.6 Å². The summed E-state index contributed by atoms with van der Waals surface area (Å²) in [5.74, 6) is 2.71. The second-order valence-corrected chi connectivity index (χ2v) is 7.52. The van der Waals surface area contributed by atoms with Gasteiger partial charge in [0.15, 0.2) is 0 Å². The smallest absolute Gasteiger partial charge is 0.134 e. The predicted octanol–water partition coefficient (Wildman–Crippen LogP) is 3.37. The van der Waals surface area contributed by atoms with E-state index < -0.39 is 0 Å². The molecule has 0 radical (unpaired) electrons. The van der Waals surface area contributed by atoms with Gasteiger partial charge in [0.05, 0.1) is 11.4 Å². The number of aryl methyl sites for hydroxylation is 2. The van der Waals surface area contributed by atoms with E-state index in [4.69, 9.17) is 9.97 Å². The lowest BCUT2D eigenvalue weighted by molar-refractivity contribution is 0.633. The second kappa shape index (κ2) is 9.90. The van der Waals surface area contributed by atoms with Crippen LogP contribution in [0.2, 0.25) is 0 Å². The summed E-state index contributed by atoms with van der Waals surface area (Å²) in [5.41, 5.74) is 6.37. The van der Waals surface area contributed by atoms with Gasteiger partial charge >= 0.3 is 0 Å². The molecule has 0 aromatic carbocycles. The molecule has 2 aliphatic rings. The lowest BCUT2D eigenvalue weighted by Gasteiger charge is -2.15. The van der Waals surface area contributed by atoms with Crippen molar-refractivity contribution in [1.82, 2.24) is 25.1 Å². The Morgan fingerprint density at radius 3 is 2.54 bits per heavy atom. The topological polar surface area (TPSA) is 67.7 Å². The van der Waals surface area contributed by atoms with Crippen LogP contribution in [0.4, 0.5) is 5.82 Å². The first-order valence-electron chi connectivity index (χ1n) is 10.0. The largest absolute Gasteiger partial charge is 0.369 e. The molecule has 2 N–H and O–H groups in total. The first-order valence-corrected chi connectivity index (χ1v) is 10.0. The number of aromatic nitrogens is 4. The average Bonchev–Trinajstić information content (AvgIpc) is 3.46. The molecule has 0 amide bonds. The predicted molar refractivity (Wildman–Crippen MR) is 118 cm³/mol. The summed E-state index contributed by atoms with van der Waals surface area (Å²) in [6.07, 6.45) is 5.48. The molecule has 0 unspecified atom stereocenters. The van der Waals surface area contributed by atoms with Crippen molar-refractivity contribution in [2.75, 3.05) is 25.0 Å². The molecule has 156 valence electrons. The summed E-state index contributed by atoms with van der Waals surface area (Å²) < 4.78 is 2.10. The van der Waals surface area contributed by atoms with Crippen LogP contribution in [0.3, 0.4) is 0 Å². The van der Waals surface area contributed by atoms with Crippen molar-refractivity contribution in [2.24, 2.45) is 0 Å². The van der Waals surface area contributed by atoms with E-state index in [0.29, 0.717) is 5.92 Å². The highest BCUT2D eigenvalue weighted by Gasteiger charge is 2.29. The zero-order chi connectivity index (χ0) is 18.1. The Bertz CT molecular complexity index is 800. The zero-order valence-electron chi connectivity index (χ0n) is 17.0. The fourth-order valence-corrected chi connectivity index (χ4v) is 3.94. The van der Waals surface area contributed by atoms with Crippen LogP contribution in [0.25, 0.3) is 0 Å². The maximum Gasteiger partial charge on any atom is 0.134 e. The van der Waals surface area contributed by atoms with Gasteiger partial charge in [-0.05, 0) is 58.6 Å². The lowest BCUT2D eigenvalue weighted by atomic mass is 10.1. The molecule has 1 saturated carbocycles. The molecule has 1 aliphatic carbocycles. The summed E-state index contributed by atoms with van der Waals surface area (Å²) in [6, 6.07) is 0. The van der Waals surface area contributed by atoms with Gasteiger partial charge in [0.25, 0.3) is 0 Å². The third-order valence-corrected chi connectivity index (χ3v) is 5.64. The first-order chi connectivity index (χ1) is 12.7. The standard InChI is InChI=1S/C20H30N6.2ClH/c1-4-26-14(3)16(13(2)25-26)8-12-22-20-17-7-10-21-11-9-18(17)23-19(24-20)15-5-6-15;;/h15,21H,4-12H2,1-3H3,(H,22,23,24);2*1H. The van der Waals surface area contributed by atoms with E-state index in [1.54, 1.807) is 0 Å². The third kappa shape index (κ3) is 4.78. The minimum Gasteiger partial charge on any atom is -0.369 e. The Kier molecular flexibility index (Phi) is 8.10. The molecule has 0 atom stereocenters. The Morgan fingerprint density at radius 1 is 1.11 bits per heavy atom. The number of anilines is 1. The molecule has 1 fully saturated rings. The summed E-state index contributed by atoms with van der Waals surface area (Å²) in [6.45, 7) is 10.3. The van der Waals surface area contributed by atoms with E-state index >= 15 is 0 Å². The van der Waals surface area contributed by atoms with Gasteiger partial charge in [-0.2, -0.15) is 5.10 Å². The van der Waals surface area contributed by atoms with Crippen LogP contribution in [-0.2, 0) is 25.8 Å². The number of nitrogens with one attached hydrogen (secondary N) is 2. The summed E-state index contributed by atoms with van der Waals surface area (Å²) in [7, 11) is 0. The molecule has 2 aromatic rings. The van der Waals surface area contributed by atoms with Crippen LogP contribution in [0, 0.1) is 13.8 Å². The van der Waals surface area contributed by atoms with Gasteiger partial charge in [0.2, 0.25) is 0 Å². The summed E-state index contributed by atoms with van der Waals surface area (Å²) >= 11 is 0. The van der Waals surface area contributed by atoms with Gasteiger partial charge in [-0.3, -0.25) is 4.68 Å². The maximum atomic E-state index is 4.92. The monoisotopic (exact) mass is 426 g/mol. The summed E-state index contributed by atoms with van der Waals surface area (Å²) in [5, 5.41) is 11.8. The number of nitrogens with zero attached hydrogens (tertiary/aromatic N) is 4. The number of halogens is 2. The van der Waals surface area contributed by atoms with E-state index in [-0.39, 0.29) is 24.8 Å². The molecule has 6 nitrogen and oxygen atoms in total. The second-order valence-electron chi connectivity index (χ2n) is 7.52. The Hall–Kier alpha value is -1.37. The number of hydrogen-bond acceptors (Lipinski definition) is 5. The fraction of sp³-hybridized carbons (Fsp3) is 0.650. The molecular weight excluding hydrogens is 395 g/mol. The van der Waals surface area contributed by atoms with Gasteiger partial charge in [0, 0.05) is 43.2 Å². The number of rotatable bonds is 6. The first kappa shape index (κ1) is 22.9. The Balaban J connectivity index is 0.00000140. The average molecular weight is 427 g/mol. The fourth-order valence-electron chi connectivity index (χ4n) is 3.94. The molecule has 0 saturated heterocycles. The maximum absolute atomic E-state index is 4.92. The minimum absolute atomic E-state index is 0. The zero-order valence-corrected chi connectivity index (χ0v) is 18.7. The minimum atomic E-state index is 0. The van der Waals surface area contributed by atoms with Crippen molar-refractivity contribution >= 4 is 30.6 Å². The molecule has 2 aromatic heterocycles. The van der Waals surface area contributed by atoms with E-state index in [0.717, 1.165) is 62.8 Å². The summed E-state index contributed by atoms with van der Waals surface area (Å²) in [4.78, 5) is 9.82. The van der Waals surface area contributed by atoms with Crippen LogP contribution in [0.15, 0.2) is 0 Å². The van der Waals surface area contributed by atoms with Crippen molar-refractivity contribution < 1.29 is 0 Å². The van der Waals surface area contributed by atoms with E-state index in [9.17, 15) is 0 Å². The van der Waals surface area contributed by atoms with Gasteiger partial charge in [-0.15, -0.1) is 24.8 Å². The van der Waals surface area contributed by atoms with Gasteiger partial charge in [-0.1, -0.05) is 0 Å². The molecule has 1 aliphatic heterocycles. The van der Waals surface area contributed by atoms with Crippen molar-refractivity contribution in [3.05, 3.63) is 34.0 Å². The van der Waals surface area contributed by atoms with Crippen molar-refractivity contribution in [1.29, 1.82) is 0 Å². The van der Waals surface area contributed by atoms with Crippen LogP contribution in [-0.4, -0.2) is 39.4 Å². The third-order valence-electron chi connectivity index (χ3n) is 5.64. The highest BCUT2D eigenvalue weighted by molar-refractivity contribution is 5.85. The number of fused-ring (bicyclic) bond motifs is 1.